The Morgan fingerprint density at radius 1 is 1.19 bits per heavy atom. The van der Waals surface area contributed by atoms with Gasteiger partial charge in [-0.15, -0.1) is 0 Å². The molecule has 2 aromatic heterocycles. The van der Waals surface area contributed by atoms with Gasteiger partial charge in [-0.2, -0.15) is 5.10 Å². The highest BCUT2D eigenvalue weighted by atomic mass is 19.2. The van der Waals surface area contributed by atoms with Crippen LogP contribution in [0.25, 0.3) is 10.9 Å². The molecule has 0 radical (unpaired) electrons. The van der Waals surface area contributed by atoms with Crippen molar-refractivity contribution in [3.63, 3.8) is 0 Å². The zero-order valence-corrected chi connectivity index (χ0v) is 23.2. The van der Waals surface area contributed by atoms with Crippen LogP contribution < -0.4 is 20.1 Å². The molecule has 3 N–H and O–H groups in total. The molecule has 0 aliphatic heterocycles. The number of amides is 1. The van der Waals surface area contributed by atoms with Crippen LogP contribution in [0.3, 0.4) is 0 Å². The lowest BCUT2D eigenvalue weighted by molar-refractivity contribution is -0.116. The summed E-state index contributed by atoms with van der Waals surface area (Å²) in [6.45, 7) is 1.96. The Hall–Kier alpha value is -4.36. The Balaban J connectivity index is 1.21. The number of fused-ring (bicyclic) bond motifs is 1. The monoisotopic (exact) mass is 581 g/mol. The van der Waals surface area contributed by atoms with Crippen molar-refractivity contribution >= 4 is 34.0 Å². The van der Waals surface area contributed by atoms with Crippen LogP contribution in [0.1, 0.15) is 25.7 Å². The van der Waals surface area contributed by atoms with E-state index in [1.54, 1.807) is 25.4 Å². The number of carbonyl (C=O) groups is 1. The van der Waals surface area contributed by atoms with E-state index in [-0.39, 0.29) is 18.8 Å². The molecule has 2 aromatic carbocycles. The number of anilines is 3. The lowest BCUT2D eigenvalue weighted by Crippen LogP contribution is -2.42. The van der Waals surface area contributed by atoms with E-state index in [1.807, 2.05) is 0 Å². The van der Waals surface area contributed by atoms with Gasteiger partial charge in [0.05, 0.1) is 43.4 Å². The van der Waals surface area contributed by atoms with Crippen molar-refractivity contribution in [2.75, 3.05) is 44.0 Å². The molecule has 0 atom stereocenters. The Bertz CT molecular complexity index is 1530. The Morgan fingerprint density at radius 2 is 2.05 bits per heavy atom. The number of carbonyl (C=O) groups excluding carboxylic acids is 1. The van der Waals surface area contributed by atoms with Gasteiger partial charge in [0, 0.05) is 36.8 Å². The van der Waals surface area contributed by atoms with Gasteiger partial charge >= 0.3 is 0 Å². The molecule has 2 heterocycles. The minimum absolute atomic E-state index is 0.153. The van der Waals surface area contributed by atoms with E-state index in [0.717, 1.165) is 19.0 Å². The molecule has 0 bridgehead atoms. The number of hydrogen-bond acceptors (Lipinski definition) is 9. The minimum atomic E-state index is -1.12. The van der Waals surface area contributed by atoms with Gasteiger partial charge in [-0.05, 0) is 37.5 Å². The first-order valence-corrected chi connectivity index (χ1v) is 13.8. The highest BCUT2D eigenvalue weighted by molar-refractivity contribution is 5.93. The summed E-state index contributed by atoms with van der Waals surface area (Å²) in [5, 5.41) is 19.8. The number of aliphatic hydroxyl groups excluding tert-OH is 1. The number of nitrogens with one attached hydrogen (secondary N) is 2. The van der Waals surface area contributed by atoms with E-state index in [4.69, 9.17) is 9.47 Å². The first kappa shape index (κ1) is 29.1. The molecule has 42 heavy (non-hydrogen) atoms. The Morgan fingerprint density at radius 3 is 2.81 bits per heavy atom. The van der Waals surface area contributed by atoms with Gasteiger partial charge in [-0.1, -0.05) is 12.5 Å². The number of benzene rings is 2. The van der Waals surface area contributed by atoms with Crippen molar-refractivity contribution < 1.29 is 28.2 Å². The maximum atomic E-state index is 13.9. The van der Waals surface area contributed by atoms with Crippen molar-refractivity contribution in [1.29, 1.82) is 0 Å². The van der Waals surface area contributed by atoms with Crippen LogP contribution in [0, 0.1) is 11.6 Å². The van der Waals surface area contributed by atoms with E-state index in [0.29, 0.717) is 53.1 Å². The molecular weight excluding hydrogens is 548 g/mol. The van der Waals surface area contributed by atoms with Crippen molar-refractivity contribution in [2.45, 2.75) is 38.3 Å². The number of ether oxygens (including phenoxy) is 2. The van der Waals surface area contributed by atoms with E-state index in [1.165, 1.54) is 48.6 Å². The predicted molar refractivity (Wildman–Crippen MR) is 153 cm³/mol. The van der Waals surface area contributed by atoms with Crippen molar-refractivity contribution in [3.05, 3.63) is 60.7 Å². The summed E-state index contributed by atoms with van der Waals surface area (Å²) in [5.41, 5.74) is 0.953. The van der Waals surface area contributed by atoms with E-state index < -0.39 is 17.5 Å². The van der Waals surface area contributed by atoms with Gasteiger partial charge in [-0.25, -0.2) is 18.7 Å². The summed E-state index contributed by atoms with van der Waals surface area (Å²) < 4.78 is 40.3. The number of halogens is 2. The predicted octanol–water partition coefficient (Wildman–Crippen LogP) is 4.11. The second kappa shape index (κ2) is 13.5. The zero-order valence-electron chi connectivity index (χ0n) is 23.2. The third kappa shape index (κ3) is 6.92. The lowest BCUT2D eigenvalue weighted by atomic mass is 9.91. The number of aromatic nitrogens is 4. The number of aliphatic hydroxyl groups is 1. The molecule has 5 rings (SSSR count). The molecular formula is C29H33F2N7O4. The fraction of sp³-hybridized carbons (Fsp3) is 0.379. The van der Waals surface area contributed by atoms with Crippen LogP contribution in [0.4, 0.5) is 26.0 Å². The van der Waals surface area contributed by atoms with Gasteiger partial charge in [0.15, 0.2) is 23.1 Å². The Labute approximate surface area is 241 Å². The van der Waals surface area contributed by atoms with Crippen molar-refractivity contribution in [2.24, 2.45) is 0 Å². The van der Waals surface area contributed by atoms with Crippen LogP contribution >= 0.6 is 0 Å². The molecule has 4 aromatic rings. The summed E-state index contributed by atoms with van der Waals surface area (Å²) in [7, 11) is 1.56. The van der Waals surface area contributed by atoms with Gasteiger partial charge in [0.25, 0.3) is 0 Å². The molecule has 222 valence electrons. The Kier molecular flexibility index (Phi) is 9.39. The molecule has 1 aliphatic rings. The zero-order chi connectivity index (χ0) is 29.5. The van der Waals surface area contributed by atoms with E-state index >= 15 is 0 Å². The number of nitrogens with zero attached hydrogens (tertiary/aromatic N) is 5. The van der Waals surface area contributed by atoms with E-state index in [2.05, 4.69) is 30.6 Å². The van der Waals surface area contributed by atoms with Crippen LogP contribution in [0.2, 0.25) is 0 Å². The molecule has 1 saturated carbocycles. The smallest absolute Gasteiger partial charge is 0.246 e. The van der Waals surface area contributed by atoms with Crippen LogP contribution in [-0.2, 0) is 11.3 Å². The second-order valence-electron chi connectivity index (χ2n) is 9.99. The quantitative estimate of drug-likeness (QED) is 0.189. The average Bonchev–Trinajstić information content (AvgIpc) is 3.38. The molecule has 1 aliphatic carbocycles. The topological polar surface area (TPSA) is 127 Å². The van der Waals surface area contributed by atoms with Gasteiger partial charge in [-0.3, -0.25) is 14.4 Å². The summed E-state index contributed by atoms with van der Waals surface area (Å²) in [5.74, 6) is -1.14. The molecule has 1 amide bonds. The second-order valence-corrected chi connectivity index (χ2v) is 9.99. The number of methoxy groups -OCH3 is 1. The van der Waals surface area contributed by atoms with Crippen LogP contribution in [0.5, 0.6) is 11.5 Å². The maximum absolute atomic E-state index is 13.9. The van der Waals surface area contributed by atoms with Crippen LogP contribution in [-0.4, -0.2) is 75.1 Å². The molecule has 1 fully saturated rings. The van der Waals surface area contributed by atoms with Crippen molar-refractivity contribution in [1.82, 2.24) is 24.6 Å². The average molecular weight is 582 g/mol. The largest absolute Gasteiger partial charge is 0.493 e. The highest BCUT2D eigenvalue weighted by Crippen LogP contribution is 2.35. The standard InChI is InChI=1S/C29H33F2N7O4/c1-41-25-13-21-24(14-26(25)42-12-4-9-37(10-11-39)20-5-2-6-20)32-18-33-29(21)35-19-15-34-38(16-19)17-27(40)36-23-8-3-7-22(30)28(23)31/h3,7-8,13-16,18,20,39H,2,4-6,9-12,17H2,1H3,(H,36,40)(H,32,33,35). The molecule has 0 unspecified atom stereocenters. The number of rotatable bonds is 14. The van der Waals surface area contributed by atoms with Gasteiger partial charge in [0.1, 0.15) is 18.7 Å². The fourth-order valence-corrected chi connectivity index (χ4v) is 4.83. The maximum Gasteiger partial charge on any atom is 0.246 e. The molecule has 11 nitrogen and oxygen atoms in total. The van der Waals surface area contributed by atoms with E-state index in [9.17, 15) is 18.7 Å². The summed E-state index contributed by atoms with van der Waals surface area (Å²) in [6.07, 6.45) is 8.96. The lowest BCUT2D eigenvalue weighted by Gasteiger charge is -2.37. The van der Waals surface area contributed by atoms with Crippen molar-refractivity contribution in [3.8, 4) is 11.5 Å². The first-order valence-electron chi connectivity index (χ1n) is 13.8. The normalized spacial score (nSPS) is 13.3. The molecule has 0 spiro atoms. The van der Waals surface area contributed by atoms with Crippen LogP contribution in [0.15, 0.2) is 49.1 Å². The summed E-state index contributed by atoms with van der Waals surface area (Å²) in [6, 6.07) is 7.72. The summed E-state index contributed by atoms with van der Waals surface area (Å²) in [4.78, 5) is 23.4. The number of hydrogen-bond donors (Lipinski definition) is 3. The third-order valence-electron chi connectivity index (χ3n) is 7.17. The molecule has 0 saturated heterocycles. The third-order valence-corrected chi connectivity index (χ3v) is 7.17. The molecule has 13 heteroatoms. The minimum Gasteiger partial charge on any atom is -0.493 e. The van der Waals surface area contributed by atoms with Gasteiger partial charge < -0.3 is 25.2 Å². The fourth-order valence-electron chi connectivity index (χ4n) is 4.83. The SMILES string of the molecule is COc1cc2c(Nc3cnn(CC(=O)Nc4cccc(F)c4F)c3)ncnc2cc1OCCCN(CCO)C1CCC1. The van der Waals surface area contributed by atoms with Gasteiger partial charge in [0.2, 0.25) is 5.91 Å². The summed E-state index contributed by atoms with van der Waals surface area (Å²) >= 11 is 0. The highest BCUT2D eigenvalue weighted by Gasteiger charge is 2.24. The first-order chi connectivity index (χ1) is 20.4.